The van der Waals surface area contributed by atoms with E-state index in [1.54, 1.807) is 18.2 Å². The number of nitrogens with two attached hydrogens (primary N) is 1. The summed E-state index contributed by atoms with van der Waals surface area (Å²) in [5.41, 5.74) is 7.95. The molecule has 2 rings (SSSR count). The molecule has 0 aliphatic heterocycles. The minimum atomic E-state index is -0.901. The van der Waals surface area contributed by atoms with E-state index in [9.17, 15) is 4.79 Å². The van der Waals surface area contributed by atoms with Crippen LogP contribution >= 0.6 is 0 Å². The Morgan fingerprint density at radius 1 is 1.40 bits per heavy atom. The molecule has 0 spiro atoms. The predicted octanol–water partition coefficient (Wildman–Crippen LogP) is 3.37. The standard InChI is InChI=1S/C16H24N2O2/c1-11(2)10-18(13-5-3-4-6-13)15-9-12(16(19)20)7-8-14(15)17/h7-9,11,13H,3-6,10,17H2,1-2H3,(H,19,20). The molecule has 0 heterocycles. The van der Waals surface area contributed by atoms with Gasteiger partial charge in [-0.15, -0.1) is 0 Å². The number of rotatable bonds is 5. The smallest absolute Gasteiger partial charge is 0.335 e. The fraction of sp³-hybridized carbons (Fsp3) is 0.562. The zero-order valence-corrected chi connectivity index (χ0v) is 12.3. The van der Waals surface area contributed by atoms with Crippen molar-refractivity contribution < 1.29 is 9.90 Å². The van der Waals surface area contributed by atoms with Crippen LogP contribution in [-0.4, -0.2) is 23.7 Å². The molecule has 1 aromatic rings. The minimum Gasteiger partial charge on any atom is -0.478 e. The van der Waals surface area contributed by atoms with Crippen LogP contribution in [0, 0.1) is 5.92 Å². The first-order chi connectivity index (χ1) is 9.49. The predicted molar refractivity (Wildman–Crippen MR) is 82.3 cm³/mol. The second-order valence-electron chi connectivity index (χ2n) is 6.06. The second kappa shape index (κ2) is 6.16. The van der Waals surface area contributed by atoms with Crippen molar-refractivity contribution >= 4 is 17.3 Å². The quantitative estimate of drug-likeness (QED) is 0.809. The molecule has 0 aromatic heterocycles. The van der Waals surface area contributed by atoms with Crippen LogP contribution in [0.1, 0.15) is 49.9 Å². The molecule has 0 bridgehead atoms. The van der Waals surface area contributed by atoms with Crippen molar-refractivity contribution in [2.24, 2.45) is 5.92 Å². The number of anilines is 2. The Bertz CT molecular complexity index is 479. The molecule has 0 amide bonds. The van der Waals surface area contributed by atoms with Crippen LogP contribution in [0.3, 0.4) is 0 Å². The van der Waals surface area contributed by atoms with Gasteiger partial charge in [0.2, 0.25) is 0 Å². The van der Waals surface area contributed by atoms with Crippen LogP contribution in [0.4, 0.5) is 11.4 Å². The Hall–Kier alpha value is -1.71. The van der Waals surface area contributed by atoms with Gasteiger partial charge in [0.05, 0.1) is 16.9 Å². The van der Waals surface area contributed by atoms with Crippen molar-refractivity contribution in [1.29, 1.82) is 0 Å². The number of nitrogens with zero attached hydrogens (tertiary/aromatic N) is 1. The van der Waals surface area contributed by atoms with Gasteiger partial charge in [0.15, 0.2) is 0 Å². The zero-order valence-electron chi connectivity index (χ0n) is 12.3. The lowest BCUT2D eigenvalue weighted by atomic mass is 10.1. The lowest BCUT2D eigenvalue weighted by Gasteiger charge is -2.34. The van der Waals surface area contributed by atoms with E-state index in [1.165, 1.54) is 25.7 Å². The highest BCUT2D eigenvalue weighted by Crippen LogP contribution is 2.33. The van der Waals surface area contributed by atoms with Crippen molar-refractivity contribution in [3.8, 4) is 0 Å². The van der Waals surface area contributed by atoms with Gasteiger partial charge < -0.3 is 15.7 Å². The molecular weight excluding hydrogens is 252 g/mol. The molecule has 0 radical (unpaired) electrons. The van der Waals surface area contributed by atoms with Crippen molar-refractivity contribution in [3.05, 3.63) is 23.8 Å². The van der Waals surface area contributed by atoms with E-state index in [1.807, 2.05) is 0 Å². The van der Waals surface area contributed by atoms with E-state index in [0.29, 0.717) is 23.2 Å². The number of carboxylic acids is 1. The Morgan fingerprint density at radius 3 is 2.60 bits per heavy atom. The van der Waals surface area contributed by atoms with E-state index < -0.39 is 5.97 Å². The maximum absolute atomic E-state index is 11.2. The summed E-state index contributed by atoms with van der Waals surface area (Å²) >= 11 is 0. The normalized spacial score (nSPS) is 15.8. The topological polar surface area (TPSA) is 66.6 Å². The first-order valence-electron chi connectivity index (χ1n) is 7.38. The first kappa shape index (κ1) is 14.7. The first-order valence-corrected chi connectivity index (χ1v) is 7.38. The van der Waals surface area contributed by atoms with Gasteiger partial charge in [0.25, 0.3) is 0 Å². The van der Waals surface area contributed by atoms with Gasteiger partial charge in [0.1, 0.15) is 0 Å². The third-order valence-corrected chi connectivity index (χ3v) is 3.91. The van der Waals surface area contributed by atoms with E-state index in [-0.39, 0.29) is 0 Å². The highest BCUT2D eigenvalue weighted by Gasteiger charge is 2.25. The van der Waals surface area contributed by atoms with E-state index in [0.717, 1.165) is 12.2 Å². The van der Waals surface area contributed by atoms with Crippen LogP contribution in [0.2, 0.25) is 0 Å². The van der Waals surface area contributed by atoms with E-state index >= 15 is 0 Å². The summed E-state index contributed by atoms with van der Waals surface area (Å²) in [7, 11) is 0. The van der Waals surface area contributed by atoms with Crippen LogP contribution in [0.25, 0.3) is 0 Å². The van der Waals surface area contributed by atoms with Crippen molar-refractivity contribution in [2.75, 3.05) is 17.2 Å². The fourth-order valence-electron chi connectivity index (χ4n) is 2.98. The number of aromatic carboxylic acids is 1. The lowest BCUT2D eigenvalue weighted by molar-refractivity contribution is 0.0697. The summed E-state index contributed by atoms with van der Waals surface area (Å²) in [4.78, 5) is 13.5. The average molecular weight is 276 g/mol. The Labute approximate surface area is 120 Å². The molecule has 1 aliphatic rings. The molecular formula is C16H24N2O2. The van der Waals surface area contributed by atoms with Crippen molar-refractivity contribution in [2.45, 2.75) is 45.6 Å². The SMILES string of the molecule is CC(C)CN(c1cc(C(=O)O)ccc1N)C1CCCC1. The van der Waals surface area contributed by atoms with E-state index in [2.05, 4.69) is 18.7 Å². The number of hydrogen-bond acceptors (Lipinski definition) is 3. The highest BCUT2D eigenvalue weighted by molar-refractivity contribution is 5.90. The molecule has 1 aromatic carbocycles. The van der Waals surface area contributed by atoms with Crippen LogP contribution < -0.4 is 10.6 Å². The van der Waals surface area contributed by atoms with Crippen molar-refractivity contribution in [1.82, 2.24) is 0 Å². The number of benzene rings is 1. The lowest BCUT2D eigenvalue weighted by Crippen LogP contribution is -2.37. The fourth-order valence-corrected chi connectivity index (χ4v) is 2.98. The summed E-state index contributed by atoms with van der Waals surface area (Å²) in [5.74, 6) is -0.384. The molecule has 1 aliphatic carbocycles. The highest BCUT2D eigenvalue weighted by atomic mass is 16.4. The maximum Gasteiger partial charge on any atom is 0.335 e. The van der Waals surface area contributed by atoms with Gasteiger partial charge in [-0.2, -0.15) is 0 Å². The molecule has 0 unspecified atom stereocenters. The minimum absolute atomic E-state index is 0.306. The zero-order chi connectivity index (χ0) is 14.7. The summed E-state index contributed by atoms with van der Waals surface area (Å²) < 4.78 is 0. The molecule has 1 saturated carbocycles. The second-order valence-corrected chi connectivity index (χ2v) is 6.06. The summed E-state index contributed by atoms with van der Waals surface area (Å²) in [5, 5.41) is 9.17. The number of nitrogen functional groups attached to an aromatic ring is 1. The molecule has 0 saturated heterocycles. The largest absolute Gasteiger partial charge is 0.478 e. The Kier molecular flexibility index (Phi) is 4.53. The van der Waals surface area contributed by atoms with Gasteiger partial charge in [-0.3, -0.25) is 0 Å². The van der Waals surface area contributed by atoms with E-state index in [4.69, 9.17) is 10.8 Å². The maximum atomic E-state index is 11.2. The molecule has 4 heteroatoms. The monoisotopic (exact) mass is 276 g/mol. The number of carbonyl (C=O) groups is 1. The third-order valence-electron chi connectivity index (χ3n) is 3.91. The van der Waals surface area contributed by atoms with Crippen LogP contribution in [0.5, 0.6) is 0 Å². The van der Waals surface area contributed by atoms with Gasteiger partial charge in [0, 0.05) is 12.6 Å². The third kappa shape index (κ3) is 3.24. The van der Waals surface area contributed by atoms with Gasteiger partial charge >= 0.3 is 5.97 Å². The number of hydrogen-bond donors (Lipinski definition) is 2. The van der Waals surface area contributed by atoms with Crippen LogP contribution in [0.15, 0.2) is 18.2 Å². The van der Waals surface area contributed by atoms with Gasteiger partial charge in [-0.25, -0.2) is 4.79 Å². The Morgan fingerprint density at radius 2 is 2.05 bits per heavy atom. The molecule has 20 heavy (non-hydrogen) atoms. The van der Waals surface area contributed by atoms with Gasteiger partial charge in [-0.05, 0) is 37.0 Å². The summed E-state index contributed by atoms with van der Waals surface area (Å²) in [6.07, 6.45) is 4.84. The number of carboxylic acid groups (broad SMARTS) is 1. The molecule has 4 nitrogen and oxygen atoms in total. The van der Waals surface area contributed by atoms with Gasteiger partial charge in [-0.1, -0.05) is 26.7 Å². The van der Waals surface area contributed by atoms with Crippen LogP contribution in [-0.2, 0) is 0 Å². The molecule has 0 atom stereocenters. The van der Waals surface area contributed by atoms with Crippen molar-refractivity contribution in [3.63, 3.8) is 0 Å². The summed E-state index contributed by atoms with van der Waals surface area (Å²) in [6.45, 7) is 5.27. The molecule has 1 fully saturated rings. The Balaban J connectivity index is 2.36. The molecule has 110 valence electrons. The summed E-state index contributed by atoms with van der Waals surface area (Å²) in [6, 6.07) is 5.49. The molecule has 3 N–H and O–H groups in total. The average Bonchev–Trinajstić information content (AvgIpc) is 2.90.